The summed E-state index contributed by atoms with van der Waals surface area (Å²) in [5.41, 5.74) is 2.35. The van der Waals surface area contributed by atoms with E-state index in [0.29, 0.717) is 18.9 Å². The van der Waals surface area contributed by atoms with Crippen molar-refractivity contribution < 1.29 is 9.53 Å². The summed E-state index contributed by atoms with van der Waals surface area (Å²) in [4.78, 5) is 11.7. The van der Waals surface area contributed by atoms with E-state index < -0.39 is 0 Å². The van der Waals surface area contributed by atoms with Crippen molar-refractivity contribution in [2.75, 3.05) is 6.61 Å². The molecule has 0 N–H and O–H groups in total. The zero-order valence-electron chi connectivity index (χ0n) is 12.2. The zero-order valence-corrected chi connectivity index (χ0v) is 12.2. The Morgan fingerprint density at radius 2 is 1.95 bits per heavy atom. The maximum atomic E-state index is 11.7. The van der Waals surface area contributed by atoms with Crippen LogP contribution in [0, 0.1) is 5.92 Å². The third-order valence-corrected chi connectivity index (χ3v) is 2.93. The number of ether oxygens (including phenoxy) is 1. The van der Waals surface area contributed by atoms with E-state index in [1.807, 2.05) is 30.3 Å². The fourth-order valence-electron chi connectivity index (χ4n) is 1.79. The van der Waals surface area contributed by atoms with Gasteiger partial charge >= 0.3 is 5.97 Å². The second-order valence-corrected chi connectivity index (χ2v) is 5.31. The Kier molecular flexibility index (Phi) is 6.94. The molecule has 0 aliphatic heterocycles. The second kappa shape index (κ2) is 8.52. The van der Waals surface area contributed by atoms with Crippen LogP contribution in [0.25, 0.3) is 0 Å². The Morgan fingerprint density at radius 3 is 2.58 bits per heavy atom. The maximum Gasteiger partial charge on any atom is 0.310 e. The maximum absolute atomic E-state index is 11.7. The van der Waals surface area contributed by atoms with Gasteiger partial charge in [0.25, 0.3) is 0 Å². The fraction of sp³-hybridized carbons (Fsp3) is 0.471. The van der Waals surface area contributed by atoms with E-state index in [0.717, 1.165) is 18.4 Å². The van der Waals surface area contributed by atoms with Gasteiger partial charge in [0.1, 0.15) is 0 Å². The minimum Gasteiger partial charge on any atom is -0.465 e. The molecule has 0 spiro atoms. The number of esters is 1. The van der Waals surface area contributed by atoms with Crippen molar-refractivity contribution in [2.24, 2.45) is 5.92 Å². The highest BCUT2D eigenvalue weighted by atomic mass is 16.5. The van der Waals surface area contributed by atoms with E-state index in [1.165, 1.54) is 5.57 Å². The number of carbonyl (C=O) groups excluding carboxylic acids is 1. The highest BCUT2D eigenvalue weighted by Gasteiger charge is 2.07. The summed E-state index contributed by atoms with van der Waals surface area (Å²) in [6.45, 7) is 6.84. The average molecular weight is 260 g/mol. The Labute approximate surface area is 116 Å². The van der Waals surface area contributed by atoms with Gasteiger partial charge in [-0.05, 0) is 38.2 Å². The minimum absolute atomic E-state index is 0.139. The molecule has 0 amide bonds. The third-order valence-electron chi connectivity index (χ3n) is 2.93. The van der Waals surface area contributed by atoms with Crippen molar-refractivity contribution in [1.29, 1.82) is 0 Å². The molecule has 0 radical (unpaired) electrons. The normalized spacial score (nSPS) is 11.7. The number of hydrogen-bond acceptors (Lipinski definition) is 2. The van der Waals surface area contributed by atoms with Crippen LogP contribution in [0.5, 0.6) is 0 Å². The molecule has 1 rings (SSSR count). The number of carbonyl (C=O) groups is 1. The van der Waals surface area contributed by atoms with Crippen LogP contribution in [-0.2, 0) is 16.0 Å². The molecule has 0 saturated carbocycles. The van der Waals surface area contributed by atoms with Gasteiger partial charge in [0.15, 0.2) is 0 Å². The van der Waals surface area contributed by atoms with Crippen LogP contribution in [-0.4, -0.2) is 12.6 Å². The molecule has 0 heterocycles. The molecule has 1 atom stereocenters. The van der Waals surface area contributed by atoms with Crippen LogP contribution in [0.4, 0.5) is 0 Å². The van der Waals surface area contributed by atoms with Crippen LogP contribution < -0.4 is 0 Å². The lowest BCUT2D eigenvalue weighted by atomic mass is 10.1. The van der Waals surface area contributed by atoms with Crippen LogP contribution in [0.1, 0.15) is 39.2 Å². The van der Waals surface area contributed by atoms with Gasteiger partial charge in [-0.2, -0.15) is 0 Å². The first-order chi connectivity index (χ1) is 9.08. The molecule has 19 heavy (non-hydrogen) atoms. The molecular formula is C17H24O2. The Bertz CT molecular complexity index is 403. The number of allylic oxidation sites excluding steroid dienone is 2. The lowest BCUT2D eigenvalue weighted by molar-refractivity contribution is -0.144. The third kappa shape index (κ3) is 7.45. The van der Waals surface area contributed by atoms with Gasteiger partial charge in [-0.3, -0.25) is 4.79 Å². The molecule has 0 aromatic heterocycles. The van der Waals surface area contributed by atoms with Gasteiger partial charge in [-0.25, -0.2) is 0 Å². The summed E-state index contributed by atoms with van der Waals surface area (Å²) >= 11 is 0. The van der Waals surface area contributed by atoms with Crippen molar-refractivity contribution in [3.05, 3.63) is 47.5 Å². The van der Waals surface area contributed by atoms with E-state index in [1.54, 1.807) is 0 Å². The molecule has 2 heteroatoms. The van der Waals surface area contributed by atoms with Gasteiger partial charge < -0.3 is 4.74 Å². The lowest BCUT2D eigenvalue weighted by Gasteiger charge is -2.11. The molecule has 0 saturated heterocycles. The van der Waals surface area contributed by atoms with E-state index in [-0.39, 0.29) is 5.97 Å². The monoisotopic (exact) mass is 260 g/mol. The van der Waals surface area contributed by atoms with Crippen molar-refractivity contribution in [3.8, 4) is 0 Å². The number of hydrogen-bond donors (Lipinski definition) is 0. The zero-order chi connectivity index (χ0) is 14.1. The molecule has 0 aliphatic rings. The second-order valence-electron chi connectivity index (χ2n) is 5.31. The standard InChI is InChI=1S/C17H24O2/c1-14(2)8-7-9-15(3)13-19-17(18)12-16-10-5-4-6-11-16/h4-6,8,10-11,15H,7,9,12-13H2,1-3H3. The summed E-state index contributed by atoms with van der Waals surface area (Å²) in [5, 5.41) is 0. The largest absolute Gasteiger partial charge is 0.465 e. The van der Waals surface area contributed by atoms with Crippen LogP contribution in [0.3, 0.4) is 0 Å². The molecular weight excluding hydrogens is 236 g/mol. The molecule has 1 unspecified atom stereocenters. The number of rotatable bonds is 7. The molecule has 1 aromatic rings. The predicted octanol–water partition coefficient (Wildman–Crippen LogP) is 4.15. The highest BCUT2D eigenvalue weighted by Crippen LogP contribution is 2.09. The first-order valence-corrected chi connectivity index (χ1v) is 6.91. The summed E-state index contributed by atoms with van der Waals surface area (Å²) < 4.78 is 5.31. The quantitative estimate of drug-likeness (QED) is 0.543. The topological polar surface area (TPSA) is 26.3 Å². The SMILES string of the molecule is CC(C)=CCCC(C)COC(=O)Cc1ccccc1. The predicted molar refractivity (Wildman–Crippen MR) is 78.9 cm³/mol. The first kappa shape index (κ1) is 15.5. The van der Waals surface area contributed by atoms with Gasteiger partial charge in [-0.15, -0.1) is 0 Å². The van der Waals surface area contributed by atoms with Crippen LogP contribution in [0.2, 0.25) is 0 Å². The molecule has 0 bridgehead atoms. The first-order valence-electron chi connectivity index (χ1n) is 6.91. The summed E-state index contributed by atoms with van der Waals surface area (Å²) in [5.74, 6) is 0.274. The Morgan fingerprint density at radius 1 is 1.26 bits per heavy atom. The average Bonchev–Trinajstić information content (AvgIpc) is 2.37. The van der Waals surface area contributed by atoms with Gasteiger partial charge in [-0.1, -0.05) is 48.9 Å². The molecule has 0 fully saturated rings. The molecule has 1 aromatic carbocycles. The fourth-order valence-corrected chi connectivity index (χ4v) is 1.79. The summed E-state index contributed by atoms with van der Waals surface area (Å²) in [6.07, 6.45) is 4.70. The van der Waals surface area contributed by atoms with Gasteiger partial charge in [0.2, 0.25) is 0 Å². The Balaban J connectivity index is 2.21. The Hall–Kier alpha value is -1.57. The smallest absolute Gasteiger partial charge is 0.310 e. The van der Waals surface area contributed by atoms with Gasteiger partial charge in [0, 0.05) is 0 Å². The molecule has 2 nitrogen and oxygen atoms in total. The van der Waals surface area contributed by atoms with E-state index in [4.69, 9.17) is 4.74 Å². The van der Waals surface area contributed by atoms with E-state index in [9.17, 15) is 4.79 Å². The number of benzene rings is 1. The summed E-state index contributed by atoms with van der Waals surface area (Å²) in [6, 6.07) is 9.70. The molecule has 104 valence electrons. The van der Waals surface area contributed by atoms with Crippen molar-refractivity contribution in [1.82, 2.24) is 0 Å². The van der Waals surface area contributed by atoms with Gasteiger partial charge in [0.05, 0.1) is 13.0 Å². The van der Waals surface area contributed by atoms with Crippen molar-refractivity contribution >= 4 is 5.97 Å². The van der Waals surface area contributed by atoms with Crippen LogP contribution >= 0.6 is 0 Å². The molecule has 0 aliphatic carbocycles. The van der Waals surface area contributed by atoms with Crippen molar-refractivity contribution in [2.45, 2.75) is 40.0 Å². The van der Waals surface area contributed by atoms with E-state index >= 15 is 0 Å². The lowest BCUT2D eigenvalue weighted by Crippen LogP contribution is -2.13. The highest BCUT2D eigenvalue weighted by molar-refractivity contribution is 5.72. The summed E-state index contributed by atoms with van der Waals surface area (Å²) in [7, 11) is 0. The van der Waals surface area contributed by atoms with Crippen LogP contribution in [0.15, 0.2) is 42.0 Å². The van der Waals surface area contributed by atoms with E-state index in [2.05, 4.69) is 26.8 Å². The minimum atomic E-state index is -0.139. The van der Waals surface area contributed by atoms with Crippen molar-refractivity contribution in [3.63, 3.8) is 0 Å².